The second kappa shape index (κ2) is 5.79. The van der Waals surface area contributed by atoms with Gasteiger partial charge in [-0.05, 0) is 30.3 Å². The minimum atomic E-state index is -0.184. The van der Waals surface area contributed by atoms with Gasteiger partial charge < -0.3 is 0 Å². The van der Waals surface area contributed by atoms with Crippen LogP contribution in [-0.2, 0) is 5.88 Å². The third-order valence-electron chi connectivity index (χ3n) is 3.11. The highest BCUT2D eigenvalue weighted by Gasteiger charge is 2.14. The molecular weight excluding hydrogens is 375 g/mol. The molecule has 0 spiro atoms. The van der Waals surface area contributed by atoms with Gasteiger partial charge in [0, 0.05) is 4.47 Å². The average Bonchev–Trinajstić information content (AvgIpc) is 2.50. The van der Waals surface area contributed by atoms with E-state index in [0.717, 1.165) is 4.47 Å². The monoisotopic (exact) mass is 382 g/mol. The van der Waals surface area contributed by atoms with E-state index >= 15 is 0 Å². The van der Waals surface area contributed by atoms with Crippen LogP contribution in [0.15, 0.2) is 51.7 Å². The maximum absolute atomic E-state index is 12.8. The number of fused-ring (bicyclic) bond motifs is 1. The highest BCUT2D eigenvalue weighted by Crippen LogP contribution is 2.25. The number of hydrogen-bond acceptors (Lipinski definition) is 2. The van der Waals surface area contributed by atoms with Gasteiger partial charge in [0.15, 0.2) is 0 Å². The molecule has 6 heteroatoms. The zero-order valence-electron chi connectivity index (χ0n) is 10.7. The van der Waals surface area contributed by atoms with Crippen LogP contribution in [0.1, 0.15) is 5.82 Å². The zero-order chi connectivity index (χ0) is 15.0. The minimum absolute atomic E-state index is 0.114. The summed E-state index contributed by atoms with van der Waals surface area (Å²) in [7, 11) is 0. The second-order valence-electron chi connectivity index (χ2n) is 4.42. The number of alkyl halides is 1. The van der Waals surface area contributed by atoms with Crippen LogP contribution in [0.25, 0.3) is 16.6 Å². The summed E-state index contributed by atoms with van der Waals surface area (Å²) >= 11 is 15.6. The van der Waals surface area contributed by atoms with Crippen molar-refractivity contribution in [3.8, 4) is 5.69 Å². The van der Waals surface area contributed by atoms with Gasteiger partial charge in [0.1, 0.15) is 5.82 Å². The van der Waals surface area contributed by atoms with E-state index < -0.39 is 0 Å². The van der Waals surface area contributed by atoms with Gasteiger partial charge in [0.25, 0.3) is 5.56 Å². The Morgan fingerprint density at radius 1 is 1.19 bits per heavy atom. The number of nitrogens with zero attached hydrogens (tertiary/aromatic N) is 2. The summed E-state index contributed by atoms with van der Waals surface area (Å²) in [6.45, 7) is 0. The summed E-state index contributed by atoms with van der Waals surface area (Å²) in [5.41, 5.74) is 1.00. The van der Waals surface area contributed by atoms with Crippen LogP contribution in [0.2, 0.25) is 5.02 Å². The Hall–Kier alpha value is -1.36. The summed E-state index contributed by atoms with van der Waals surface area (Å²) in [5.74, 6) is 0.573. The van der Waals surface area contributed by atoms with E-state index in [0.29, 0.717) is 27.4 Å². The molecule has 2 aromatic carbocycles. The number of aromatic nitrogens is 2. The van der Waals surface area contributed by atoms with E-state index in [4.69, 9.17) is 23.2 Å². The standard InChI is InChI=1S/C15H9BrCl2N2O/c16-9-5-6-11(18)13(7-9)20-14(8-17)19-12-4-2-1-3-10(12)15(20)21/h1-7H,8H2. The lowest BCUT2D eigenvalue weighted by Gasteiger charge is -2.13. The number of benzene rings is 2. The van der Waals surface area contributed by atoms with Crippen molar-refractivity contribution >= 4 is 50.0 Å². The number of rotatable bonds is 2. The van der Waals surface area contributed by atoms with E-state index in [1.165, 1.54) is 4.57 Å². The molecule has 0 amide bonds. The normalized spacial score (nSPS) is 11.0. The van der Waals surface area contributed by atoms with Crippen molar-refractivity contribution in [1.82, 2.24) is 9.55 Å². The molecule has 0 aliphatic rings. The maximum atomic E-state index is 12.8. The third kappa shape index (κ3) is 2.59. The van der Waals surface area contributed by atoms with Crippen molar-refractivity contribution in [2.45, 2.75) is 5.88 Å². The third-order valence-corrected chi connectivity index (χ3v) is 4.17. The topological polar surface area (TPSA) is 34.9 Å². The lowest BCUT2D eigenvalue weighted by Crippen LogP contribution is -2.23. The Morgan fingerprint density at radius 2 is 1.95 bits per heavy atom. The predicted molar refractivity (Wildman–Crippen MR) is 89.6 cm³/mol. The molecule has 1 heterocycles. The first-order valence-electron chi connectivity index (χ1n) is 6.14. The number of para-hydroxylation sites is 1. The van der Waals surface area contributed by atoms with Crippen molar-refractivity contribution in [3.63, 3.8) is 0 Å². The molecule has 1 aromatic heterocycles. The molecule has 0 fully saturated rings. The Morgan fingerprint density at radius 3 is 2.71 bits per heavy atom. The van der Waals surface area contributed by atoms with Crippen LogP contribution in [0.3, 0.4) is 0 Å². The van der Waals surface area contributed by atoms with Gasteiger partial charge >= 0.3 is 0 Å². The molecule has 0 bridgehead atoms. The molecule has 3 nitrogen and oxygen atoms in total. The summed E-state index contributed by atoms with van der Waals surface area (Å²) in [4.78, 5) is 17.2. The van der Waals surface area contributed by atoms with Crippen molar-refractivity contribution in [2.75, 3.05) is 0 Å². The van der Waals surface area contributed by atoms with Crippen molar-refractivity contribution in [2.24, 2.45) is 0 Å². The van der Waals surface area contributed by atoms with Crippen LogP contribution in [-0.4, -0.2) is 9.55 Å². The number of halogens is 3. The van der Waals surface area contributed by atoms with E-state index in [1.807, 2.05) is 12.1 Å². The molecule has 3 aromatic rings. The van der Waals surface area contributed by atoms with Gasteiger partial charge in [-0.25, -0.2) is 4.98 Å². The first-order valence-corrected chi connectivity index (χ1v) is 7.84. The van der Waals surface area contributed by atoms with E-state index in [2.05, 4.69) is 20.9 Å². The summed E-state index contributed by atoms with van der Waals surface area (Å²) in [5, 5.41) is 0.992. The van der Waals surface area contributed by atoms with E-state index in [-0.39, 0.29) is 11.4 Å². The van der Waals surface area contributed by atoms with Crippen LogP contribution in [0.4, 0.5) is 0 Å². The molecule has 0 saturated carbocycles. The van der Waals surface area contributed by atoms with Gasteiger partial charge in [-0.15, -0.1) is 11.6 Å². The van der Waals surface area contributed by atoms with Gasteiger partial charge in [-0.2, -0.15) is 0 Å². The molecule has 0 aliphatic heterocycles. The molecule has 21 heavy (non-hydrogen) atoms. The summed E-state index contributed by atoms with van der Waals surface area (Å²) < 4.78 is 2.28. The summed E-state index contributed by atoms with van der Waals surface area (Å²) in [6, 6.07) is 12.5. The Bertz CT molecular complexity index is 892. The highest BCUT2D eigenvalue weighted by molar-refractivity contribution is 9.10. The Labute approximate surface area is 139 Å². The Kier molecular flexibility index (Phi) is 4.02. The molecule has 106 valence electrons. The molecule has 3 rings (SSSR count). The van der Waals surface area contributed by atoms with Crippen molar-refractivity contribution in [3.05, 3.63) is 68.1 Å². The fourth-order valence-electron chi connectivity index (χ4n) is 2.17. The molecule has 0 unspecified atom stereocenters. The minimum Gasteiger partial charge on any atom is -0.268 e. The second-order valence-corrected chi connectivity index (χ2v) is 6.01. The molecular formula is C15H9BrCl2N2O. The largest absolute Gasteiger partial charge is 0.268 e. The molecule has 0 N–H and O–H groups in total. The molecule has 0 radical (unpaired) electrons. The molecule has 0 atom stereocenters. The van der Waals surface area contributed by atoms with Crippen molar-refractivity contribution in [1.29, 1.82) is 0 Å². The lowest BCUT2D eigenvalue weighted by atomic mass is 10.2. The van der Waals surface area contributed by atoms with Gasteiger partial charge in [0.2, 0.25) is 0 Å². The van der Waals surface area contributed by atoms with Crippen LogP contribution in [0.5, 0.6) is 0 Å². The quantitative estimate of drug-likeness (QED) is 0.609. The van der Waals surface area contributed by atoms with Crippen LogP contribution < -0.4 is 5.56 Å². The van der Waals surface area contributed by atoms with Gasteiger partial charge in [0.05, 0.1) is 27.5 Å². The number of hydrogen-bond donors (Lipinski definition) is 0. The SMILES string of the molecule is O=c1c2ccccc2nc(CCl)n1-c1cc(Br)ccc1Cl. The Balaban J connectivity index is 2.44. The predicted octanol–water partition coefficient (Wildman–Crippen LogP) is 4.54. The van der Waals surface area contributed by atoms with E-state index in [1.54, 1.807) is 30.3 Å². The van der Waals surface area contributed by atoms with Crippen molar-refractivity contribution < 1.29 is 0 Å². The highest BCUT2D eigenvalue weighted by atomic mass is 79.9. The van der Waals surface area contributed by atoms with Gasteiger partial charge in [-0.1, -0.05) is 39.7 Å². The average molecular weight is 384 g/mol. The zero-order valence-corrected chi connectivity index (χ0v) is 13.8. The van der Waals surface area contributed by atoms with Crippen LogP contribution in [0, 0.1) is 0 Å². The van der Waals surface area contributed by atoms with Crippen LogP contribution >= 0.6 is 39.1 Å². The van der Waals surface area contributed by atoms with E-state index in [9.17, 15) is 4.79 Å². The fourth-order valence-corrected chi connectivity index (χ4v) is 2.90. The summed E-state index contributed by atoms with van der Waals surface area (Å²) in [6.07, 6.45) is 0. The first-order chi connectivity index (χ1) is 10.1. The lowest BCUT2D eigenvalue weighted by molar-refractivity contribution is 0.881. The smallest absolute Gasteiger partial charge is 0.266 e. The maximum Gasteiger partial charge on any atom is 0.266 e. The first kappa shape index (κ1) is 14.6. The molecule has 0 saturated heterocycles. The van der Waals surface area contributed by atoms with Gasteiger partial charge in [-0.3, -0.25) is 9.36 Å². The molecule has 0 aliphatic carbocycles. The fraction of sp³-hybridized carbons (Fsp3) is 0.0667.